The molecule has 0 unspecified atom stereocenters. The van der Waals surface area contributed by atoms with Crippen LogP contribution in [0.5, 0.6) is 0 Å². The topological polar surface area (TPSA) is 35.8 Å². The molecule has 1 fully saturated rings. The van der Waals surface area contributed by atoms with Crippen LogP contribution in [-0.4, -0.2) is 12.2 Å². The highest BCUT2D eigenvalue weighted by atomic mass is 19.4. The second kappa shape index (κ2) is 7.64. The standard InChI is InChI=1S/C17H21F3N2/c18-17(19,20)11-14-3-1-2-4-15(14)12-22-16-7-5-13(6-8-16)9-10-21/h1-4,13,16,22H,5-9,11-12H2. The summed E-state index contributed by atoms with van der Waals surface area (Å²) in [5.41, 5.74) is 1.07. The molecule has 0 bridgehead atoms. The Morgan fingerprint density at radius 3 is 2.32 bits per heavy atom. The molecule has 0 heterocycles. The van der Waals surface area contributed by atoms with E-state index in [4.69, 9.17) is 5.26 Å². The Morgan fingerprint density at radius 2 is 1.73 bits per heavy atom. The number of hydrogen-bond donors (Lipinski definition) is 1. The molecule has 22 heavy (non-hydrogen) atoms. The monoisotopic (exact) mass is 310 g/mol. The number of nitrogens with zero attached hydrogens (tertiary/aromatic N) is 1. The van der Waals surface area contributed by atoms with E-state index in [0.29, 0.717) is 30.5 Å². The average molecular weight is 310 g/mol. The lowest BCUT2D eigenvalue weighted by atomic mass is 9.84. The van der Waals surface area contributed by atoms with Crippen molar-refractivity contribution in [3.63, 3.8) is 0 Å². The molecule has 1 aromatic carbocycles. The predicted octanol–water partition coefficient (Wildman–Crippen LogP) is 4.35. The van der Waals surface area contributed by atoms with Gasteiger partial charge in [0.2, 0.25) is 0 Å². The van der Waals surface area contributed by atoms with Gasteiger partial charge in [0.05, 0.1) is 12.5 Å². The minimum Gasteiger partial charge on any atom is -0.310 e. The molecule has 0 spiro atoms. The Balaban J connectivity index is 1.86. The van der Waals surface area contributed by atoms with E-state index in [0.717, 1.165) is 31.2 Å². The van der Waals surface area contributed by atoms with Gasteiger partial charge in [-0.15, -0.1) is 0 Å². The Labute approximate surface area is 129 Å². The molecule has 1 aliphatic rings. The number of hydrogen-bond acceptors (Lipinski definition) is 2. The summed E-state index contributed by atoms with van der Waals surface area (Å²) in [6.07, 6.45) is -0.404. The summed E-state index contributed by atoms with van der Waals surface area (Å²) in [5.74, 6) is 0.487. The third-order valence-corrected chi connectivity index (χ3v) is 4.32. The fraction of sp³-hybridized carbons (Fsp3) is 0.588. The Morgan fingerprint density at radius 1 is 1.09 bits per heavy atom. The molecule has 0 saturated heterocycles. The molecule has 1 N–H and O–H groups in total. The zero-order valence-corrected chi connectivity index (χ0v) is 12.5. The molecule has 1 saturated carbocycles. The highest BCUT2D eigenvalue weighted by Crippen LogP contribution is 2.27. The normalized spacial score (nSPS) is 22.3. The molecule has 0 atom stereocenters. The number of benzene rings is 1. The number of rotatable bonds is 5. The van der Waals surface area contributed by atoms with Gasteiger partial charge >= 0.3 is 6.18 Å². The van der Waals surface area contributed by atoms with Gasteiger partial charge in [-0.25, -0.2) is 0 Å². The molecule has 0 amide bonds. The van der Waals surface area contributed by atoms with Gasteiger partial charge in [-0.1, -0.05) is 24.3 Å². The first-order valence-electron chi connectivity index (χ1n) is 7.72. The van der Waals surface area contributed by atoms with Gasteiger partial charge in [-0.2, -0.15) is 18.4 Å². The third-order valence-electron chi connectivity index (χ3n) is 4.32. The van der Waals surface area contributed by atoms with Crippen molar-refractivity contribution < 1.29 is 13.2 Å². The van der Waals surface area contributed by atoms with Crippen LogP contribution in [0.25, 0.3) is 0 Å². The highest BCUT2D eigenvalue weighted by Gasteiger charge is 2.28. The molecule has 5 heteroatoms. The van der Waals surface area contributed by atoms with E-state index >= 15 is 0 Å². The molecule has 0 radical (unpaired) electrons. The maximum Gasteiger partial charge on any atom is 0.393 e. The van der Waals surface area contributed by atoms with Crippen LogP contribution in [0.2, 0.25) is 0 Å². The van der Waals surface area contributed by atoms with Crippen LogP contribution in [-0.2, 0) is 13.0 Å². The molecule has 2 nitrogen and oxygen atoms in total. The molecule has 0 aliphatic heterocycles. The zero-order valence-electron chi connectivity index (χ0n) is 12.5. The molecule has 1 aromatic rings. The molecular formula is C17H21F3N2. The molecule has 0 aromatic heterocycles. The van der Waals surface area contributed by atoms with Crippen LogP contribution >= 0.6 is 0 Å². The van der Waals surface area contributed by atoms with Gasteiger partial charge in [-0.3, -0.25) is 0 Å². The van der Waals surface area contributed by atoms with E-state index in [1.54, 1.807) is 24.3 Å². The predicted molar refractivity (Wildman–Crippen MR) is 79.0 cm³/mol. The zero-order chi connectivity index (χ0) is 16.0. The van der Waals surface area contributed by atoms with Crippen molar-refractivity contribution in [2.45, 2.75) is 57.3 Å². The smallest absolute Gasteiger partial charge is 0.310 e. The first-order chi connectivity index (χ1) is 10.5. The Hall–Kier alpha value is -1.54. The number of nitriles is 1. The summed E-state index contributed by atoms with van der Waals surface area (Å²) < 4.78 is 37.8. The lowest BCUT2D eigenvalue weighted by Crippen LogP contribution is -2.33. The van der Waals surface area contributed by atoms with Crippen LogP contribution < -0.4 is 5.32 Å². The average Bonchev–Trinajstić information content (AvgIpc) is 2.47. The van der Waals surface area contributed by atoms with Gasteiger partial charge in [0, 0.05) is 19.0 Å². The summed E-state index contributed by atoms with van der Waals surface area (Å²) in [5, 5.41) is 12.1. The van der Waals surface area contributed by atoms with Gasteiger partial charge in [0.25, 0.3) is 0 Å². The van der Waals surface area contributed by atoms with E-state index in [2.05, 4.69) is 11.4 Å². The lowest BCUT2D eigenvalue weighted by molar-refractivity contribution is -0.127. The Bertz CT molecular complexity index is 511. The van der Waals surface area contributed by atoms with Gasteiger partial charge in [0.15, 0.2) is 0 Å². The summed E-state index contributed by atoms with van der Waals surface area (Å²) >= 11 is 0. The fourth-order valence-electron chi connectivity index (χ4n) is 3.07. The molecule has 2 rings (SSSR count). The number of halogens is 3. The highest BCUT2D eigenvalue weighted by molar-refractivity contribution is 5.27. The number of nitrogens with one attached hydrogen (secondary N) is 1. The van der Waals surface area contributed by atoms with Crippen LogP contribution in [0.1, 0.15) is 43.2 Å². The molecule has 120 valence electrons. The molecular weight excluding hydrogens is 289 g/mol. The van der Waals surface area contributed by atoms with Crippen molar-refractivity contribution in [2.75, 3.05) is 0 Å². The van der Waals surface area contributed by atoms with Crippen LogP contribution in [0.15, 0.2) is 24.3 Å². The summed E-state index contributed by atoms with van der Waals surface area (Å²) in [7, 11) is 0. The van der Waals surface area contributed by atoms with Crippen LogP contribution in [0, 0.1) is 17.2 Å². The van der Waals surface area contributed by atoms with E-state index in [1.807, 2.05) is 0 Å². The summed E-state index contributed by atoms with van der Waals surface area (Å²) in [6, 6.07) is 9.29. The SMILES string of the molecule is N#CCC1CCC(NCc2ccccc2CC(F)(F)F)CC1. The second-order valence-corrected chi connectivity index (χ2v) is 6.02. The molecule has 1 aliphatic carbocycles. The van der Waals surface area contributed by atoms with Crippen molar-refractivity contribution in [2.24, 2.45) is 5.92 Å². The van der Waals surface area contributed by atoms with E-state index in [-0.39, 0.29) is 0 Å². The minimum absolute atomic E-state index is 0.342. The maximum absolute atomic E-state index is 12.6. The fourth-order valence-corrected chi connectivity index (χ4v) is 3.07. The summed E-state index contributed by atoms with van der Waals surface area (Å²) in [6.45, 7) is 0.472. The second-order valence-electron chi connectivity index (χ2n) is 6.02. The largest absolute Gasteiger partial charge is 0.393 e. The first-order valence-corrected chi connectivity index (χ1v) is 7.72. The minimum atomic E-state index is -4.18. The van der Waals surface area contributed by atoms with E-state index in [1.165, 1.54) is 0 Å². The van der Waals surface area contributed by atoms with Gasteiger partial charge < -0.3 is 5.32 Å². The van der Waals surface area contributed by atoms with Crippen molar-refractivity contribution >= 4 is 0 Å². The van der Waals surface area contributed by atoms with E-state index < -0.39 is 12.6 Å². The van der Waals surface area contributed by atoms with Crippen LogP contribution in [0.4, 0.5) is 13.2 Å². The van der Waals surface area contributed by atoms with Crippen molar-refractivity contribution in [1.29, 1.82) is 5.26 Å². The Kier molecular flexibility index (Phi) is 5.84. The first kappa shape index (κ1) is 16.8. The van der Waals surface area contributed by atoms with Crippen molar-refractivity contribution in [1.82, 2.24) is 5.32 Å². The van der Waals surface area contributed by atoms with Gasteiger partial charge in [-0.05, 0) is 42.7 Å². The van der Waals surface area contributed by atoms with Crippen LogP contribution in [0.3, 0.4) is 0 Å². The number of alkyl halides is 3. The van der Waals surface area contributed by atoms with Crippen molar-refractivity contribution in [3.05, 3.63) is 35.4 Å². The quantitative estimate of drug-likeness (QED) is 0.877. The van der Waals surface area contributed by atoms with E-state index in [9.17, 15) is 13.2 Å². The van der Waals surface area contributed by atoms with Gasteiger partial charge in [0.1, 0.15) is 0 Å². The maximum atomic E-state index is 12.6. The lowest BCUT2D eigenvalue weighted by Gasteiger charge is -2.28. The van der Waals surface area contributed by atoms with Crippen molar-refractivity contribution in [3.8, 4) is 6.07 Å². The third kappa shape index (κ3) is 5.34. The summed E-state index contributed by atoms with van der Waals surface area (Å²) in [4.78, 5) is 0.